The van der Waals surface area contributed by atoms with Crippen molar-refractivity contribution in [2.75, 3.05) is 12.9 Å². The monoisotopic (exact) mass is 383 g/mol. The van der Waals surface area contributed by atoms with E-state index in [1.54, 1.807) is 31.2 Å². The summed E-state index contributed by atoms with van der Waals surface area (Å²) in [5, 5.41) is 0. The molecule has 1 N–H and O–H groups in total. The molecule has 0 saturated carbocycles. The van der Waals surface area contributed by atoms with Crippen LogP contribution in [0.5, 0.6) is 5.75 Å². The Morgan fingerprint density at radius 1 is 0.920 bits per heavy atom. The zero-order chi connectivity index (χ0) is 18.7. The molecule has 0 spiro atoms. The van der Waals surface area contributed by atoms with E-state index in [1.165, 1.54) is 24.3 Å². The van der Waals surface area contributed by atoms with Gasteiger partial charge in [-0.2, -0.15) is 0 Å². The molecule has 2 aromatic rings. The van der Waals surface area contributed by atoms with Crippen molar-refractivity contribution in [3.05, 3.63) is 54.1 Å². The third-order valence-electron chi connectivity index (χ3n) is 3.59. The van der Waals surface area contributed by atoms with Crippen LogP contribution in [0.4, 0.5) is 0 Å². The first-order valence-electron chi connectivity index (χ1n) is 7.68. The SMILES string of the molecule is CCOc1ccc(S(=O)(=O)NC(C)c2ccc(S(C)(=O)=O)cc2)cc1. The molecule has 0 aliphatic carbocycles. The highest BCUT2D eigenvalue weighted by molar-refractivity contribution is 7.90. The van der Waals surface area contributed by atoms with Crippen LogP contribution >= 0.6 is 0 Å². The lowest BCUT2D eigenvalue weighted by atomic mass is 10.1. The first-order chi connectivity index (χ1) is 11.6. The molecular weight excluding hydrogens is 362 g/mol. The average molecular weight is 383 g/mol. The Morgan fingerprint density at radius 3 is 1.92 bits per heavy atom. The Kier molecular flexibility index (Phi) is 5.87. The number of hydrogen-bond acceptors (Lipinski definition) is 5. The molecule has 8 heteroatoms. The van der Waals surface area contributed by atoms with Crippen molar-refractivity contribution >= 4 is 19.9 Å². The van der Waals surface area contributed by atoms with Gasteiger partial charge in [0.1, 0.15) is 5.75 Å². The van der Waals surface area contributed by atoms with Gasteiger partial charge in [0, 0.05) is 12.3 Å². The van der Waals surface area contributed by atoms with Gasteiger partial charge in [0.25, 0.3) is 0 Å². The molecule has 6 nitrogen and oxygen atoms in total. The molecule has 0 aliphatic rings. The van der Waals surface area contributed by atoms with E-state index in [1.807, 2.05) is 6.92 Å². The van der Waals surface area contributed by atoms with Gasteiger partial charge in [-0.05, 0) is 55.8 Å². The third-order valence-corrected chi connectivity index (χ3v) is 6.27. The first kappa shape index (κ1) is 19.4. The number of ether oxygens (including phenoxy) is 1. The van der Waals surface area contributed by atoms with Crippen molar-refractivity contribution in [2.24, 2.45) is 0 Å². The van der Waals surface area contributed by atoms with Crippen molar-refractivity contribution < 1.29 is 21.6 Å². The van der Waals surface area contributed by atoms with Crippen LogP contribution in [-0.2, 0) is 19.9 Å². The van der Waals surface area contributed by atoms with Gasteiger partial charge < -0.3 is 4.74 Å². The molecule has 2 rings (SSSR count). The molecule has 0 saturated heterocycles. The van der Waals surface area contributed by atoms with Gasteiger partial charge in [-0.15, -0.1) is 0 Å². The standard InChI is InChI=1S/C17H21NO5S2/c1-4-23-15-7-11-17(12-8-15)25(21,22)18-13(2)14-5-9-16(10-6-14)24(3,19)20/h5-13,18H,4H2,1-3H3. The average Bonchev–Trinajstić information content (AvgIpc) is 2.54. The van der Waals surface area contributed by atoms with Crippen LogP contribution in [0.3, 0.4) is 0 Å². The normalized spacial score (nSPS) is 13.4. The molecule has 0 heterocycles. The van der Waals surface area contributed by atoms with Crippen LogP contribution in [0.25, 0.3) is 0 Å². The van der Waals surface area contributed by atoms with Crippen molar-refractivity contribution in [2.45, 2.75) is 29.7 Å². The predicted molar refractivity (Wildman–Crippen MR) is 95.9 cm³/mol. The molecule has 0 amide bonds. The molecule has 1 atom stereocenters. The molecular formula is C17H21NO5S2. The van der Waals surface area contributed by atoms with Crippen LogP contribution in [0.15, 0.2) is 58.3 Å². The number of benzene rings is 2. The van der Waals surface area contributed by atoms with Gasteiger partial charge in [-0.3, -0.25) is 0 Å². The summed E-state index contributed by atoms with van der Waals surface area (Å²) >= 11 is 0. The second kappa shape index (κ2) is 7.55. The summed E-state index contributed by atoms with van der Waals surface area (Å²) in [6, 6.07) is 11.8. The number of sulfone groups is 1. The minimum atomic E-state index is -3.70. The fourth-order valence-electron chi connectivity index (χ4n) is 2.25. The lowest BCUT2D eigenvalue weighted by Crippen LogP contribution is -2.26. The van der Waals surface area contributed by atoms with E-state index in [9.17, 15) is 16.8 Å². The molecule has 0 radical (unpaired) electrons. The highest BCUT2D eigenvalue weighted by Crippen LogP contribution is 2.20. The molecule has 0 aromatic heterocycles. The second-order valence-electron chi connectivity index (χ2n) is 5.59. The Balaban J connectivity index is 2.16. The van der Waals surface area contributed by atoms with E-state index < -0.39 is 25.9 Å². The second-order valence-corrected chi connectivity index (χ2v) is 9.32. The van der Waals surface area contributed by atoms with Crippen molar-refractivity contribution in [3.63, 3.8) is 0 Å². The van der Waals surface area contributed by atoms with Gasteiger partial charge in [-0.25, -0.2) is 21.6 Å². The summed E-state index contributed by atoms with van der Waals surface area (Å²) < 4.78 is 55.8. The van der Waals surface area contributed by atoms with Gasteiger partial charge >= 0.3 is 0 Å². The van der Waals surface area contributed by atoms with E-state index >= 15 is 0 Å². The largest absolute Gasteiger partial charge is 0.494 e. The van der Waals surface area contributed by atoms with Crippen LogP contribution in [0, 0.1) is 0 Å². The quantitative estimate of drug-likeness (QED) is 0.793. The molecule has 2 aromatic carbocycles. The summed E-state index contributed by atoms with van der Waals surface area (Å²) in [5.41, 5.74) is 0.668. The molecule has 1 unspecified atom stereocenters. The summed E-state index contributed by atoms with van der Waals surface area (Å²) in [5.74, 6) is 0.603. The lowest BCUT2D eigenvalue weighted by Gasteiger charge is -2.15. The van der Waals surface area contributed by atoms with Crippen molar-refractivity contribution in [3.8, 4) is 5.75 Å². The molecule has 0 aliphatic heterocycles. The van der Waals surface area contributed by atoms with E-state index in [-0.39, 0.29) is 9.79 Å². The molecule has 0 bridgehead atoms. The first-order valence-corrected chi connectivity index (χ1v) is 11.1. The minimum absolute atomic E-state index is 0.135. The molecule has 136 valence electrons. The summed E-state index contributed by atoms with van der Waals surface area (Å²) in [4.78, 5) is 0.327. The van der Waals surface area contributed by atoms with Crippen LogP contribution in [-0.4, -0.2) is 29.7 Å². The minimum Gasteiger partial charge on any atom is -0.494 e. The number of rotatable bonds is 7. The van der Waals surface area contributed by atoms with Gasteiger partial charge in [0.05, 0.1) is 16.4 Å². The Labute approximate surface area is 148 Å². The van der Waals surface area contributed by atoms with Crippen LogP contribution in [0.1, 0.15) is 25.5 Å². The van der Waals surface area contributed by atoms with E-state index in [2.05, 4.69) is 4.72 Å². The van der Waals surface area contributed by atoms with Gasteiger partial charge in [-0.1, -0.05) is 12.1 Å². The molecule has 0 fully saturated rings. The highest BCUT2D eigenvalue weighted by Gasteiger charge is 2.19. The highest BCUT2D eigenvalue weighted by atomic mass is 32.2. The van der Waals surface area contributed by atoms with Crippen molar-refractivity contribution in [1.82, 2.24) is 4.72 Å². The predicted octanol–water partition coefficient (Wildman–Crippen LogP) is 2.53. The van der Waals surface area contributed by atoms with Crippen molar-refractivity contribution in [1.29, 1.82) is 0 Å². The topological polar surface area (TPSA) is 89.5 Å². The summed E-state index contributed by atoms with van der Waals surface area (Å²) in [6.45, 7) is 4.05. The zero-order valence-corrected chi connectivity index (χ0v) is 15.9. The maximum absolute atomic E-state index is 12.5. The summed E-state index contributed by atoms with van der Waals surface area (Å²) in [6.07, 6.45) is 1.13. The fourth-order valence-corrected chi connectivity index (χ4v) is 4.12. The smallest absolute Gasteiger partial charge is 0.241 e. The number of nitrogens with one attached hydrogen (secondary N) is 1. The maximum Gasteiger partial charge on any atom is 0.241 e. The third kappa shape index (κ3) is 5.04. The zero-order valence-electron chi connectivity index (χ0n) is 14.3. The number of hydrogen-bond donors (Lipinski definition) is 1. The Morgan fingerprint density at radius 2 is 1.44 bits per heavy atom. The van der Waals surface area contributed by atoms with Crippen LogP contribution < -0.4 is 9.46 Å². The Bertz CT molecular complexity index is 918. The maximum atomic E-state index is 12.5. The van der Waals surface area contributed by atoms with E-state index in [0.29, 0.717) is 17.9 Å². The summed E-state index contributed by atoms with van der Waals surface area (Å²) in [7, 11) is -6.98. The Hall–Kier alpha value is -1.90. The van der Waals surface area contributed by atoms with Gasteiger partial charge in [0.2, 0.25) is 10.0 Å². The fraction of sp³-hybridized carbons (Fsp3) is 0.294. The van der Waals surface area contributed by atoms with Gasteiger partial charge in [0.15, 0.2) is 9.84 Å². The molecule has 25 heavy (non-hydrogen) atoms. The van der Waals surface area contributed by atoms with Crippen LogP contribution in [0.2, 0.25) is 0 Å². The van der Waals surface area contributed by atoms with E-state index in [4.69, 9.17) is 4.74 Å². The lowest BCUT2D eigenvalue weighted by molar-refractivity contribution is 0.340. The van der Waals surface area contributed by atoms with E-state index in [0.717, 1.165) is 6.26 Å². The number of sulfonamides is 1.